The van der Waals surface area contributed by atoms with Crippen LogP contribution in [0.25, 0.3) is 11.3 Å². The molecule has 0 amide bonds. The lowest BCUT2D eigenvalue weighted by atomic mass is 10.1. The average Bonchev–Trinajstić information content (AvgIpc) is 2.64. The van der Waals surface area contributed by atoms with E-state index in [1.807, 2.05) is 0 Å². The van der Waals surface area contributed by atoms with Crippen LogP contribution < -0.4 is 0 Å². The van der Waals surface area contributed by atoms with Crippen molar-refractivity contribution in [3.05, 3.63) is 45.1 Å². The predicted molar refractivity (Wildman–Crippen MR) is 65.3 cm³/mol. The van der Waals surface area contributed by atoms with Crippen molar-refractivity contribution < 1.29 is 18.1 Å². The van der Waals surface area contributed by atoms with Crippen LogP contribution in [0.5, 0.6) is 0 Å². The van der Waals surface area contributed by atoms with Crippen molar-refractivity contribution in [1.29, 1.82) is 0 Å². The molecule has 2 aromatic rings. The van der Waals surface area contributed by atoms with Gasteiger partial charge in [0.25, 0.3) is 5.69 Å². The Kier molecular flexibility index (Phi) is 3.43. The van der Waals surface area contributed by atoms with Crippen LogP contribution >= 0.6 is 11.6 Å². The standard InChI is InChI=1S/C11H7ClF3N3O2/c1-17-10(11(13,14)15)8(12)9(16-17)6-2-4-7(5-3-6)18(19)20/h2-5H,1H3. The lowest BCUT2D eigenvalue weighted by molar-refractivity contribution is -0.384. The highest BCUT2D eigenvalue weighted by Crippen LogP contribution is 2.39. The normalized spacial score (nSPS) is 11.7. The lowest BCUT2D eigenvalue weighted by Crippen LogP contribution is -2.12. The summed E-state index contributed by atoms with van der Waals surface area (Å²) in [6.07, 6.45) is -4.63. The van der Waals surface area contributed by atoms with Crippen LogP contribution in [0.1, 0.15) is 5.69 Å². The number of hydrogen-bond donors (Lipinski definition) is 0. The van der Waals surface area contributed by atoms with Gasteiger partial charge in [-0.05, 0) is 12.1 Å². The van der Waals surface area contributed by atoms with Gasteiger partial charge in [-0.3, -0.25) is 14.8 Å². The first-order chi connectivity index (χ1) is 9.21. The molecule has 0 saturated heterocycles. The SMILES string of the molecule is Cn1nc(-c2ccc([N+](=O)[O-])cc2)c(Cl)c1C(F)(F)F. The van der Waals surface area contributed by atoms with Gasteiger partial charge < -0.3 is 0 Å². The Balaban J connectivity index is 2.51. The fourth-order valence-corrected chi connectivity index (χ4v) is 2.11. The van der Waals surface area contributed by atoms with Crippen molar-refractivity contribution in [3.63, 3.8) is 0 Å². The van der Waals surface area contributed by atoms with Crippen LogP contribution in [0, 0.1) is 10.1 Å². The highest BCUT2D eigenvalue weighted by Gasteiger charge is 2.39. The minimum atomic E-state index is -4.63. The third-order valence-electron chi connectivity index (χ3n) is 2.61. The minimum absolute atomic E-state index is 0.0728. The predicted octanol–water partition coefficient (Wildman–Crippen LogP) is 3.67. The van der Waals surface area contributed by atoms with Crippen LogP contribution in [0.2, 0.25) is 5.02 Å². The van der Waals surface area contributed by atoms with Gasteiger partial charge in [0, 0.05) is 24.7 Å². The summed E-state index contributed by atoms with van der Waals surface area (Å²) in [4.78, 5) is 9.91. The highest BCUT2D eigenvalue weighted by atomic mass is 35.5. The van der Waals surface area contributed by atoms with Gasteiger partial charge in [0.1, 0.15) is 5.69 Å². The summed E-state index contributed by atoms with van der Waals surface area (Å²) in [5.74, 6) is 0. The average molecular weight is 306 g/mol. The second-order valence-electron chi connectivity index (χ2n) is 3.94. The molecule has 0 spiro atoms. The van der Waals surface area contributed by atoms with Gasteiger partial charge >= 0.3 is 6.18 Å². The summed E-state index contributed by atoms with van der Waals surface area (Å²) in [6.45, 7) is 0. The number of halogens is 4. The first-order valence-corrected chi connectivity index (χ1v) is 5.64. The molecule has 0 aliphatic heterocycles. The van der Waals surface area contributed by atoms with E-state index in [1.165, 1.54) is 24.3 Å². The second kappa shape index (κ2) is 4.78. The van der Waals surface area contributed by atoms with Gasteiger partial charge in [-0.1, -0.05) is 11.6 Å². The third-order valence-corrected chi connectivity index (χ3v) is 2.97. The van der Waals surface area contributed by atoms with Crippen LogP contribution in [0.4, 0.5) is 18.9 Å². The molecule has 0 atom stereocenters. The molecule has 2 rings (SSSR count). The zero-order valence-electron chi connectivity index (χ0n) is 9.98. The first kappa shape index (κ1) is 14.3. The fraction of sp³-hybridized carbons (Fsp3) is 0.182. The van der Waals surface area contributed by atoms with E-state index in [4.69, 9.17) is 11.6 Å². The summed E-state index contributed by atoms with van der Waals surface area (Å²) in [7, 11) is 1.13. The number of nitrogens with zero attached hydrogens (tertiary/aromatic N) is 3. The number of non-ortho nitro benzene ring substituents is 1. The number of alkyl halides is 3. The summed E-state index contributed by atoms with van der Waals surface area (Å²) >= 11 is 5.71. The van der Waals surface area contributed by atoms with E-state index in [9.17, 15) is 23.3 Å². The Bertz CT molecular complexity index is 665. The van der Waals surface area contributed by atoms with Gasteiger partial charge in [-0.25, -0.2) is 0 Å². The quantitative estimate of drug-likeness (QED) is 0.628. The van der Waals surface area contributed by atoms with Gasteiger partial charge in [-0.15, -0.1) is 0 Å². The van der Waals surface area contributed by atoms with Gasteiger partial charge in [0.05, 0.1) is 9.95 Å². The van der Waals surface area contributed by atoms with Gasteiger partial charge in [-0.2, -0.15) is 18.3 Å². The third kappa shape index (κ3) is 2.46. The summed E-state index contributed by atoms with van der Waals surface area (Å²) in [5, 5.41) is 13.7. The van der Waals surface area contributed by atoms with Crippen LogP contribution in [-0.2, 0) is 13.2 Å². The smallest absolute Gasteiger partial charge is 0.262 e. The molecule has 0 aliphatic carbocycles. The molecule has 106 valence electrons. The largest absolute Gasteiger partial charge is 0.434 e. The topological polar surface area (TPSA) is 61.0 Å². The Morgan fingerprint density at radius 3 is 2.25 bits per heavy atom. The van der Waals surface area contributed by atoms with Crippen molar-refractivity contribution >= 4 is 17.3 Å². The number of aryl methyl sites for hydroxylation is 1. The number of aromatic nitrogens is 2. The molecule has 0 radical (unpaired) electrons. The number of hydrogen-bond acceptors (Lipinski definition) is 3. The van der Waals surface area contributed by atoms with Crippen molar-refractivity contribution in [1.82, 2.24) is 9.78 Å². The monoisotopic (exact) mass is 305 g/mol. The molecule has 0 aliphatic rings. The molecule has 0 N–H and O–H groups in total. The van der Waals surface area contributed by atoms with Crippen molar-refractivity contribution in [2.75, 3.05) is 0 Å². The molecule has 9 heteroatoms. The Hall–Kier alpha value is -2.09. The Morgan fingerprint density at radius 2 is 1.85 bits per heavy atom. The summed E-state index contributed by atoms with van der Waals surface area (Å²) in [5.41, 5.74) is -1.03. The summed E-state index contributed by atoms with van der Waals surface area (Å²) in [6, 6.07) is 4.94. The zero-order valence-corrected chi connectivity index (χ0v) is 10.7. The maximum Gasteiger partial charge on any atom is 0.434 e. The minimum Gasteiger partial charge on any atom is -0.262 e. The molecule has 1 aromatic heterocycles. The molecule has 20 heavy (non-hydrogen) atoms. The molecule has 5 nitrogen and oxygen atoms in total. The van der Waals surface area contributed by atoms with Crippen molar-refractivity contribution in [2.24, 2.45) is 7.05 Å². The van der Waals surface area contributed by atoms with Gasteiger partial charge in [0.2, 0.25) is 0 Å². The van der Waals surface area contributed by atoms with Crippen molar-refractivity contribution in [2.45, 2.75) is 6.18 Å². The molecule has 1 aromatic carbocycles. The lowest BCUT2D eigenvalue weighted by Gasteiger charge is -2.06. The summed E-state index contributed by atoms with van der Waals surface area (Å²) < 4.78 is 39.0. The maximum absolute atomic E-state index is 12.8. The molecule has 1 heterocycles. The molecular weight excluding hydrogens is 299 g/mol. The van der Waals surface area contributed by atoms with Crippen molar-refractivity contribution in [3.8, 4) is 11.3 Å². The first-order valence-electron chi connectivity index (χ1n) is 5.26. The molecule has 0 saturated carbocycles. The highest BCUT2D eigenvalue weighted by molar-refractivity contribution is 6.33. The van der Waals surface area contributed by atoms with Crippen LogP contribution in [-0.4, -0.2) is 14.7 Å². The van der Waals surface area contributed by atoms with Crippen LogP contribution in [0.3, 0.4) is 0 Å². The molecule has 0 unspecified atom stereocenters. The number of nitro groups is 1. The van der Waals surface area contributed by atoms with E-state index in [0.717, 1.165) is 7.05 Å². The zero-order chi connectivity index (χ0) is 15.1. The second-order valence-corrected chi connectivity index (χ2v) is 4.31. The maximum atomic E-state index is 12.8. The van der Waals surface area contributed by atoms with Crippen LogP contribution in [0.15, 0.2) is 24.3 Å². The van der Waals surface area contributed by atoms with E-state index in [-0.39, 0.29) is 16.9 Å². The number of benzene rings is 1. The van der Waals surface area contributed by atoms with E-state index >= 15 is 0 Å². The fourth-order valence-electron chi connectivity index (χ4n) is 1.73. The van der Waals surface area contributed by atoms with Gasteiger partial charge in [0.15, 0.2) is 5.69 Å². The molecule has 0 bridgehead atoms. The van der Waals surface area contributed by atoms with E-state index in [2.05, 4.69) is 5.10 Å². The molecule has 0 fully saturated rings. The van der Waals surface area contributed by atoms with E-state index in [1.54, 1.807) is 0 Å². The van der Waals surface area contributed by atoms with E-state index in [0.29, 0.717) is 4.68 Å². The Labute approximate surface area is 115 Å². The number of nitro benzene ring substituents is 1. The van der Waals surface area contributed by atoms with E-state index < -0.39 is 21.8 Å². The number of rotatable bonds is 2. The molecular formula is C11H7ClF3N3O2. The Morgan fingerprint density at radius 1 is 1.30 bits per heavy atom.